The smallest absolute Gasteiger partial charge is 0.140 e. The number of aromatic nitrogens is 1. The van der Waals surface area contributed by atoms with Gasteiger partial charge in [0.15, 0.2) is 0 Å². The number of aryl methyl sites for hydroxylation is 1. The molecule has 0 aliphatic rings. The largest absolute Gasteiger partial charge is 0.308 e. The normalized spacial score (nSPS) is 11.1. The highest BCUT2D eigenvalue weighted by Crippen LogP contribution is 2.24. The summed E-state index contributed by atoms with van der Waals surface area (Å²) in [6.45, 7) is 6.47. The van der Waals surface area contributed by atoms with E-state index in [-0.39, 0.29) is 0 Å². The van der Waals surface area contributed by atoms with E-state index in [9.17, 15) is 0 Å². The maximum absolute atomic E-state index is 5.38. The van der Waals surface area contributed by atoms with Crippen molar-refractivity contribution in [3.05, 3.63) is 35.4 Å². The van der Waals surface area contributed by atoms with Gasteiger partial charge in [-0.25, -0.2) is 10.8 Å². The lowest BCUT2D eigenvalue weighted by molar-refractivity contribution is 0.868. The molecule has 0 radical (unpaired) electrons. The number of hydrazine groups is 1. The summed E-state index contributed by atoms with van der Waals surface area (Å²) >= 11 is 0. The molecular formula is C13H17N3. The maximum Gasteiger partial charge on any atom is 0.140 e. The Morgan fingerprint density at radius 2 is 2.00 bits per heavy atom. The van der Waals surface area contributed by atoms with Crippen LogP contribution in [0.2, 0.25) is 0 Å². The molecule has 0 bridgehead atoms. The van der Waals surface area contributed by atoms with Gasteiger partial charge in [0, 0.05) is 5.39 Å². The summed E-state index contributed by atoms with van der Waals surface area (Å²) in [6, 6.07) is 8.35. The van der Waals surface area contributed by atoms with E-state index in [1.54, 1.807) is 0 Å². The van der Waals surface area contributed by atoms with Gasteiger partial charge in [-0.3, -0.25) is 0 Å². The summed E-state index contributed by atoms with van der Waals surface area (Å²) in [4.78, 5) is 4.42. The van der Waals surface area contributed by atoms with E-state index in [2.05, 4.69) is 49.4 Å². The SMILES string of the molecule is Cc1cc(NN)nc2ccc(C(C)C)cc12. The Bertz CT molecular complexity index is 518. The monoisotopic (exact) mass is 215 g/mol. The van der Waals surface area contributed by atoms with Crippen molar-refractivity contribution in [1.29, 1.82) is 0 Å². The van der Waals surface area contributed by atoms with Gasteiger partial charge in [-0.15, -0.1) is 0 Å². The summed E-state index contributed by atoms with van der Waals surface area (Å²) in [6.07, 6.45) is 0. The molecule has 16 heavy (non-hydrogen) atoms. The predicted molar refractivity (Wildman–Crippen MR) is 68.4 cm³/mol. The van der Waals surface area contributed by atoms with Crippen molar-refractivity contribution in [2.75, 3.05) is 5.43 Å². The second-order valence-corrected chi connectivity index (χ2v) is 4.40. The molecule has 3 nitrogen and oxygen atoms in total. The molecule has 3 N–H and O–H groups in total. The Labute approximate surface area is 95.7 Å². The molecule has 1 aromatic carbocycles. The van der Waals surface area contributed by atoms with E-state index in [1.807, 2.05) is 6.07 Å². The minimum absolute atomic E-state index is 0.538. The van der Waals surface area contributed by atoms with Crippen molar-refractivity contribution in [1.82, 2.24) is 4.98 Å². The highest BCUT2D eigenvalue weighted by molar-refractivity contribution is 5.84. The molecule has 84 valence electrons. The van der Waals surface area contributed by atoms with Crippen molar-refractivity contribution in [2.24, 2.45) is 5.84 Å². The summed E-state index contributed by atoms with van der Waals surface area (Å²) in [5.41, 5.74) is 6.10. The van der Waals surface area contributed by atoms with Crippen LogP contribution in [0.25, 0.3) is 10.9 Å². The Hall–Kier alpha value is -1.61. The molecule has 1 aromatic heterocycles. The fourth-order valence-corrected chi connectivity index (χ4v) is 1.84. The first-order valence-electron chi connectivity index (χ1n) is 5.49. The third-order valence-electron chi connectivity index (χ3n) is 2.85. The van der Waals surface area contributed by atoms with Crippen molar-refractivity contribution in [3.63, 3.8) is 0 Å². The predicted octanol–water partition coefficient (Wildman–Crippen LogP) is 2.95. The fraction of sp³-hybridized carbons (Fsp3) is 0.308. The van der Waals surface area contributed by atoms with Crippen LogP contribution in [0.4, 0.5) is 5.82 Å². The van der Waals surface area contributed by atoms with Crippen LogP contribution in [0.15, 0.2) is 24.3 Å². The standard InChI is InChI=1S/C13H17N3/c1-8(2)10-4-5-12-11(7-10)9(3)6-13(15-12)16-14/h4-8H,14H2,1-3H3,(H,15,16). The van der Waals surface area contributed by atoms with Gasteiger partial charge in [-0.1, -0.05) is 19.9 Å². The lowest BCUT2D eigenvalue weighted by atomic mass is 9.99. The number of benzene rings is 1. The lowest BCUT2D eigenvalue weighted by Gasteiger charge is -2.09. The molecule has 2 rings (SSSR count). The topological polar surface area (TPSA) is 50.9 Å². The molecular weight excluding hydrogens is 198 g/mol. The molecule has 0 atom stereocenters. The van der Waals surface area contributed by atoms with Gasteiger partial charge in [0.05, 0.1) is 5.52 Å². The molecule has 2 aromatic rings. The molecule has 0 fully saturated rings. The van der Waals surface area contributed by atoms with E-state index in [4.69, 9.17) is 5.84 Å². The first-order chi connectivity index (χ1) is 7.61. The minimum Gasteiger partial charge on any atom is -0.308 e. The van der Waals surface area contributed by atoms with Crippen LogP contribution in [0.5, 0.6) is 0 Å². The number of hydrogen-bond acceptors (Lipinski definition) is 3. The highest BCUT2D eigenvalue weighted by atomic mass is 15.2. The Morgan fingerprint density at radius 3 is 2.62 bits per heavy atom. The number of nitrogens with two attached hydrogens (primary N) is 1. The highest BCUT2D eigenvalue weighted by Gasteiger charge is 2.05. The lowest BCUT2D eigenvalue weighted by Crippen LogP contribution is -2.08. The van der Waals surface area contributed by atoms with Gasteiger partial charge in [0.1, 0.15) is 5.82 Å². The fourth-order valence-electron chi connectivity index (χ4n) is 1.84. The molecule has 0 aliphatic heterocycles. The van der Waals surface area contributed by atoms with Crippen molar-refractivity contribution >= 4 is 16.7 Å². The van der Waals surface area contributed by atoms with Crippen LogP contribution in [-0.4, -0.2) is 4.98 Å². The van der Waals surface area contributed by atoms with Gasteiger partial charge in [-0.05, 0) is 42.2 Å². The zero-order valence-electron chi connectivity index (χ0n) is 9.91. The summed E-state index contributed by atoms with van der Waals surface area (Å²) in [5.74, 6) is 6.62. The van der Waals surface area contributed by atoms with E-state index < -0.39 is 0 Å². The van der Waals surface area contributed by atoms with Crippen LogP contribution < -0.4 is 11.3 Å². The molecule has 0 spiro atoms. The number of nitrogen functional groups attached to an aromatic ring is 1. The molecule has 0 unspecified atom stereocenters. The van der Waals surface area contributed by atoms with Gasteiger partial charge >= 0.3 is 0 Å². The minimum atomic E-state index is 0.538. The first-order valence-corrected chi connectivity index (χ1v) is 5.49. The third-order valence-corrected chi connectivity index (χ3v) is 2.85. The van der Waals surface area contributed by atoms with Crippen molar-refractivity contribution in [2.45, 2.75) is 26.7 Å². The number of nitrogens with zero attached hydrogens (tertiary/aromatic N) is 1. The number of anilines is 1. The summed E-state index contributed by atoms with van der Waals surface area (Å²) in [5, 5.41) is 1.20. The number of pyridine rings is 1. The number of nitrogens with one attached hydrogen (secondary N) is 1. The van der Waals surface area contributed by atoms with Gasteiger partial charge in [0.25, 0.3) is 0 Å². The molecule has 0 aliphatic carbocycles. The van der Waals surface area contributed by atoms with Crippen LogP contribution in [0.3, 0.4) is 0 Å². The van der Waals surface area contributed by atoms with E-state index in [0.29, 0.717) is 11.7 Å². The van der Waals surface area contributed by atoms with Crippen LogP contribution in [-0.2, 0) is 0 Å². The third kappa shape index (κ3) is 1.86. The molecule has 0 amide bonds. The van der Waals surface area contributed by atoms with Crippen LogP contribution in [0.1, 0.15) is 30.9 Å². The molecule has 1 heterocycles. The average molecular weight is 215 g/mol. The molecule has 3 heteroatoms. The molecule has 0 saturated heterocycles. The van der Waals surface area contributed by atoms with Gasteiger partial charge < -0.3 is 5.43 Å². The Balaban J connectivity index is 2.65. The second kappa shape index (κ2) is 4.10. The Kier molecular flexibility index (Phi) is 2.79. The van der Waals surface area contributed by atoms with E-state index in [0.717, 1.165) is 5.52 Å². The summed E-state index contributed by atoms with van der Waals surface area (Å²) < 4.78 is 0. The number of fused-ring (bicyclic) bond motifs is 1. The maximum atomic E-state index is 5.38. The summed E-state index contributed by atoms with van der Waals surface area (Å²) in [7, 11) is 0. The zero-order valence-corrected chi connectivity index (χ0v) is 9.91. The number of hydrogen-bond donors (Lipinski definition) is 2. The van der Waals surface area contributed by atoms with E-state index >= 15 is 0 Å². The quantitative estimate of drug-likeness (QED) is 0.598. The van der Waals surface area contributed by atoms with E-state index in [1.165, 1.54) is 16.5 Å². The van der Waals surface area contributed by atoms with Gasteiger partial charge in [-0.2, -0.15) is 0 Å². The van der Waals surface area contributed by atoms with Crippen LogP contribution in [0, 0.1) is 6.92 Å². The van der Waals surface area contributed by atoms with Crippen LogP contribution >= 0.6 is 0 Å². The first kappa shape index (κ1) is 10.9. The number of rotatable bonds is 2. The Morgan fingerprint density at radius 1 is 1.25 bits per heavy atom. The van der Waals surface area contributed by atoms with Gasteiger partial charge in [0.2, 0.25) is 0 Å². The zero-order chi connectivity index (χ0) is 11.7. The average Bonchev–Trinajstić information content (AvgIpc) is 2.28. The van der Waals surface area contributed by atoms with Crippen molar-refractivity contribution in [3.8, 4) is 0 Å². The second-order valence-electron chi connectivity index (χ2n) is 4.40. The van der Waals surface area contributed by atoms with Crippen molar-refractivity contribution < 1.29 is 0 Å². The molecule has 0 saturated carbocycles.